The monoisotopic (exact) mass is 315 g/mol. The highest BCUT2D eigenvalue weighted by Crippen LogP contribution is 2.08. The minimum atomic E-state index is -0.423. The molecule has 0 spiro atoms. The number of amides is 2. The van der Waals surface area contributed by atoms with E-state index in [0.29, 0.717) is 12.1 Å². The normalized spacial score (nSPS) is 10.2. The molecule has 0 bridgehead atoms. The Morgan fingerprint density at radius 3 is 2.57 bits per heavy atom. The molecule has 0 aliphatic rings. The van der Waals surface area contributed by atoms with Crippen LogP contribution in [-0.2, 0) is 11.3 Å². The van der Waals surface area contributed by atoms with Crippen LogP contribution in [0.25, 0.3) is 0 Å². The van der Waals surface area contributed by atoms with Gasteiger partial charge in [0.15, 0.2) is 0 Å². The van der Waals surface area contributed by atoms with E-state index in [-0.39, 0.29) is 24.4 Å². The molecular formula is C17H18FN3O2. The molecule has 6 heteroatoms. The zero-order valence-electron chi connectivity index (χ0n) is 12.8. The summed E-state index contributed by atoms with van der Waals surface area (Å²) in [4.78, 5) is 27.4. The largest absolute Gasteiger partial charge is 0.352 e. The van der Waals surface area contributed by atoms with Crippen LogP contribution in [0.1, 0.15) is 27.9 Å². The van der Waals surface area contributed by atoms with Crippen molar-refractivity contribution in [3.8, 4) is 0 Å². The van der Waals surface area contributed by atoms with Crippen LogP contribution in [0.5, 0.6) is 0 Å². The predicted molar refractivity (Wildman–Crippen MR) is 84.2 cm³/mol. The van der Waals surface area contributed by atoms with Crippen molar-refractivity contribution in [1.82, 2.24) is 15.6 Å². The van der Waals surface area contributed by atoms with Gasteiger partial charge in [-0.3, -0.25) is 14.6 Å². The van der Waals surface area contributed by atoms with Gasteiger partial charge in [0.2, 0.25) is 5.91 Å². The van der Waals surface area contributed by atoms with E-state index < -0.39 is 11.7 Å². The van der Waals surface area contributed by atoms with Crippen LogP contribution in [-0.4, -0.2) is 23.3 Å². The number of benzene rings is 1. The molecule has 0 unspecified atom stereocenters. The molecule has 23 heavy (non-hydrogen) atoms. The number of carbonyl (C=O) groups excluding carboxylic acids is 2. The summed E-state index contributed by atoms with van der Waals surface area (Å²) in [6, 6.07) is 7.92. The molecule has 0 atom stereocenters. The molecule has 2 amide bonds. The van der Waals surface area contributed by atoms with E-state index in [1.54, 1.807) is 31.5 Å². The molecular weight excluding hydrogens is 297 g/mol. The maximum absolute atomic E-state index is 13.4. The van der Waals surface area contributed by atoms with E-state index in [0.717, 1.165) is 5.56 Å². The highest BCUT2D eigenvalue weighted by atomic mass is 19.1. The summed E-state index contributed by atoms with van der Waals surface area (Å²) in [6.07, 6.45) is 3.47. The molecule has 1 aromatic heterocycles. The summed E-state index contributed by atoms with van der Waals surface area (Å²) in [6.45, 7) is 2.24. The number of hydrogen-bond acceptors (Lipinski definition) is 3. The van der Waals surface area contributed by atoms with Crippen molar-refractivity contribution < 1.29 is 14.0 Å². The molecule has 0 fully saturated rings. The van der Waals surface area contributed by atoms with Crippen LogP contribution in [0.15, 0.2) is 42.7 Å². The average Bonchev–Trinajstić information content (AvgIpc) is 2.56. The van der Waals surface area contributed by atoms with Crippen molar-refractivity contribution in [2.24, 2.45) is 0 Å². The number of hydrogen-bond donors (Lipinski definition) is 2. The average molecular weight is 315 g/mol. The molecule has 2 N–H and O–H groups in total. The SMILES string of the molecule is Cc1ccc(C(=O)NCCC(=O)NCc2ccncc2)cc1F. The van der Waals surface area contributed by atoms with Crippen molar-refractivity contribution in [2.45, 2.75) is 19.9 Å². The maximum atomic E-state index is 13.4. The fraction of sp³-hybridized carbons (Fsp3) is 0.235. The standard InChI is InChI=1S/C17H18FN3O2/c1-12-2-3-14(10-15(12)18)17(23)20-9-6-16(22)21-11-13-4-7-19-8-5-13/h2-5,7-8,10H,6,9,11H2,1H3,(H,20,23)(H,21,22). The Morgan fingerprint density at radius 2 is 1.87 bits per heavy atom. The van der Waals surface area contributed by atoms with Crippen molar-refractivity contribution >= 4 is 11.8 Å². The van der Waals surface area contributed by atoms with Crippen LogP contribution in [0.4, 0.5) is 4.39 Å². The summed E-state index contributed by atoms with van der Waals surface area (Å²) in [5.74, 6) is -0.990. The Bertz CT molecular complexity index is 689. The second-order valence-electron chi connectivity index (χ2n) is 5.10. The van der Waals surface area contributed by atoms with E-state index in [4.69, 9.17) is 0 Å². The van der Waals surface area contributed by atoms with Gasteiger partial charge in [-0.05, 0) is 42.3 Å². The van der Waals surface area contributed by atoms with Crippen LogP contribution in [0, 0.1) is 12.7 Å². The van der Waals surface area contributed by atoms with E-state index in [9.17, 15) is 14.0 Å². The van der Waals surface area contributed by atoms with Gasteiger partial charge in [-0.2, -0.15) is 0 Å². The van der Waals surface area contributed by atoms with E-state index >= 15 is 0 Å². The molecule has 2 aromatic rings. The first-order chi connectivity index (χ1) is 11.1. The van der Waals surface area contributed by atoms with Crippen LogP contribution < -0.4 is 10.6 Å². The van der Waals surface area contributed by atoms with Gasteiger partial charge in [-0.25, -0.2) is 4.39 Å². The van der Waals surface area contributed by atoms with Crippen molar-refractivity contribution in [2.75, 3.05) is 6.54 Å². The molecule has 0 saturated heterocycles. The Labute approximate surface area is 133 Å². The summed E-state index contributed by atoms with van der Waals surface area (Å²) in [7, 11) is 0. The Hall–Kier alpha value is -2.76. The second kappa shape index (κ2) is 8.03. The molecule has 0 saturated carbocycles. The lowest BCUT2D eigenvalue weighted by molar-refractivity contribution is -0.121. The highest BCUT2D eigenvalue weighted by molar-refractivity contribution is 5.94. The van der Waals surface area contributed by atoms with Gasteiger partial charge < -0.3 is 10.6 Å². The lowest BCUT2D eigenvalue weighted by Crippen LogP contribution is -2.30. The first kappa shape index (κ1) is 16.6. The Kier molecular flexibility index (Phi) is 5.80. The molecule has 0 aliphatic carbocycles. The van der Waals surface area contributed by atoms with Crippen LogP contribution in [0.3, 0.4) is 0 Å². The van der Waals surface area contributed by atoms with Gasteiger partial charge in [0.05, 0.1) is 0 Å². The molecule has 0 radical (unpaired) electrons. The zero-order valence-corrected chi connectivity index (χ0v) is 12.8. The van der Waals surface area contributed by atoms with E-state index in [2.05, 4.69) is 15.6 Å². The highest BCUT2D eigenvalue weighted by Gasteiger charge is 2.08. The predicted octanol–water partition coefficient (Wildman–Crippen LogP) is 1.97. The third kappa shape index (κ3) is 5.18. The van der Waals surface area contributed by atoms with Gasteiger partial charge in [-0.15, -0.1) is 0 Å². The van der Waals surface area contributed by atoms with Crippen LogP contribution in [0.2, 0.25) is 0 Å². The smallest absolute Gasteiger partial charge is 0.251 e. The number of aryl methyl sites for hydroxylation is 1. The fourth-order valence-corrected chi connectivity index (χ4v) is 1.92. The number of rotatable bonds is 6. The summed E-state index contributed by atoms with van der Waals surface area (Å²) in [5.41, 5.74) is 1.68. The lowest BCUT2D eigenvalue weighted by Gasteiger charge is -2.07. The number of nitrogens with one attached hydrogen (secondary N) is 2. The topological polar surface area (TPSA) is 71.1 Å². The molecule has 2 rings (SSSR count). The molecule has 1 heterocycles. The van der Waals surface area contributed by atoms with Gasteiger partial charge in [0, 0.05) is 37.5 Å². The number of pyridine rings is 1. The first-order valence-corrected chi connectivity index (χ1v) is 7.26. The number of nitrogens with zero attached hydrogens (tertiary/aromatic N) is 1. The van der Waals surface area contributed by atoms with Gasteiger partial charge in [0.25, 0.3) is 5.91 Å². The maximum Gasteiger partial charge on any atom is 0.251 e. The molecule has 1 aromatic carbocycles. The lowest BCUT2D eigenvalue weighted by atomic mass is 10.1. The number of aromatic nitrogens is 1. The fourth-order valence-electron chi connectivity index (χ4n) is 1.92. The molecule has 0 aliphatic heterocycles. The summed E-state index contributed by atoms with van der Waals surface area (Å²) in [5, 5.41) is 5.35. The van der Waals surface area contributed by atoms with E-state index in [1.807, 2.05) is 12.1 Å². The third-order valence-corrected chi connectivity index (χ3v) is 3.31. The van der Waals surface area contributed by atoms with Crippen LogP contribution >= 0.6 is 0 Å². The third-order valence-electron chi connectivity index (χ3n) is 3.31. The number of carbonyl (C=O) groups is 2. The van der Waals surface area contributed by atoms with Gasteiger partial charge in [0.1, 0.15) is 5.82 Å². The molecule has 5 nitrogen and oxygen atoms in total. The summed E-state index contributed by atoms with van der Waals surface area (Å²) < 4.78 is 13.4. The Morgan fingerprint density at radius 1 is 1.13 bits per heavy atom. The van der Waals surface area contributed by atoms with E-state index in [1.165, 1.54) is 6.07 Å². The van der Waals surface area contributed by atoms with Gasteiger partial charge in [-0.1, -0.05) is 6.07 Å². The minimum Gasteiger partial charge on any atom is -0.352 e. The Balaban J connectivity index is 1.72. The zero-order chi connectivity index (χ0) is 16.7. The summed E-state index contributed by atoms with van der Waals surface area (Å²) >= 11 is 0. The van der Waals surface area contributed by atoms with Crippen molar-refractivity contribution in [3.05, 3.63) is 65.2 Å². The number of halogens is 1. The first-order valence-electron chi connectivity index (χ1n) is 7.26. The minimum absolute atomic E-state index is 0.158. The van der Waals surface area contributed by atoms with Crippen molar-refractivity contribution in [1.29, 1.82) is 0 Å². The second-order valence-corrected chi connectivity index (χ2v) is 5.10. The molecule has 120 valence electrons. The quantitative estimate of drug-likeness (QED) is 0.856. The van der Waals surface area contributed by atoms with Crippen molar-refractivity contribution in [3.63, 3.8) is 0 Å². The van der Waals surface area contributed by atoms with Gasteiger partial charge >= 0.3 is 0 Å².